The summed E-state index contributed by atoms with van der Waals surface area (Å²) in [6.45, 7) is 3.32. The molecule has 0 bridgehead atoms. The molecule has 0 aromatic carbocycles. The van der Waals surface area contributed by atoms with E-state index in [1.54, 1.807) is 13.8 Å². The van der Waals surface area contributed by atoms with Gasteiger partial charge in [0.2, 0.25) is 5.76 Å². The maximum absolute atomic E-state index is 12.1. The van der Waals surface area contributed by atoms with E-state index in [4.69, 9.17) is 4.42 Å². The van der Waals surface area contributed by atoms with Gasteiger partial charge in [-0.15, -0.1) is 0 Å². The Balaban J connectivity index is 2.20. The van der Waals surface area contributed by atoms with E-state index in [0.717, 1.165) is 19.3 Å². The van der Waals surface area contributed by atoms with Crippen LogP contribution in [0.15, 0.2) is 4.42 Å². The van der Waals surface area contributed by atoms with E-state index in [9.17, 15) is 14.7 Å². The highest BCUT2D eigenvalue weighted by molar-refractivity contribution is 5.96. The smallest absolute Gasteiger partial charge is 0.329 e. The fraction of sp³-hybridized carbons (Fsp3) is 0.615. The van der Waals surface area contributed by atoms with Gasteiger partial charge >= 0.3 is 5.97 Å². The molecule has 1 saturated carbocycles. The van der Waals surface area contributed by atoms with Gasteiger partial charge < -0.3 is 14.8 Å². The topological polar surface area (TPSA) is 92.4 Å². The lowest BCUT2D eigenvalue weighted by atomic mass is 9.81. The summed E-state index contributed by atoms with van der Waals surface area (Å²) in [6, 6.07) is 0. The first-order chi connectivity index (χ1) is 8.94. The summed E-state index contributed by atoms with van der Waals surface area (Å²) in [5.74, 6) is -0.976. The third kappa shape index (κ3) is 2.62. The second kappa shape index (κ2) is 5.03. The van der Waals surface area contributed by atoms with Crippen LogP contribution in [0, 0.1) is 13.8 Å². The molecule has 6 heteroatoms. The van der Waals surface area contributed by atoms with E-state index in [2.05, 4.69) is 10.3 Å². The number of oxazole rings is 1. The summed E-state index contributed by atoms with van der Waals surface area (Å²) < 4.78 is 5.23. The number of carbonyl (C=O) groups excluding carboxylic acids is 1. The molecule has 0 aliphatic heterocycles. The second-order valence-corrected chi connectivity index (χ2v) is 5.05. The number of aryl methyl sites for hydroxylation is 2. The van der Waals surface area contributed by atoms with Crippen LogP contribution in [0.25, 0.3) is 0 Å². The predicted octanol–water partition coefficient (Wildman–Crippen LogP) is 1.81. The minimum absolute atomic E-state index is 0.101. The Labute approximate surface area is 111 Å². The first kappa shape index (κ1) is 13.6. The molecular formula is C13H18N2O4. The van der Waals surface area contributed by atoms with Crippen molar-refractivity contribution in [2.24, 2.45) is 0 Å². The Bertz CT molecular complexity index is 501. The first-order valence-electron chi connectivity index (χ1n) is 6.44. The average molecular weight is 266 g/mol. The maximum atomic E-state index is 12.1. The van der Waals surface area contributed by atoms with Gasteiger partial charge in [0.1, 0.15) is 5.54 Å². The van der Waals surface area contributed by atoms with Crippen molar-refractivity contribution in [3.63, 3.8) is 0 Å². The third-order valence-electron chi connectivity index (χ3n) is 3.58. The first-order valence-corrected chi connectivity index (χ1v) is 6.44. The van der Waals surface area contributed by atoms with Gasteiger partial charge in [-0.25, -0.2) is 9.78 Å². The minimum atomic E-state index is -1.16. The predicted molar refractivity (Wildman–Crippen MR) is 66.9 cm³/mol. The van der Waals surface area contributed by atoms with Crippen molar-refractivity contribution >= 4 is 11.9 Å². The summed E-state index contributed by atoms with van der Waals surface area (Å²) in [5.41, 5.74) is -0.686. The largest absolute Gasteiger partial charge is 0.480 e. The highest BCUT2D eigenvalue weighted by atomic mass is 16.4. The molecule has 0 unspecified atom stereocenters. The van der Waals surface area contributed by atoms with E-state index in [-0.39, 0.29) is 5.76 Å². The van der Waals surface area contributed by atoms with E-state index in [1.807, 2.05) is 0 Å². The zero-order valence-electron chi connectivity index (χ0n) is 11.2. The molecule has 0 radical (unpaired) electrons. The lowest BCUT2D eigenvalue weighted by Crippen LogP contribution is -2.55. The lowest BCUT2D eigenvalue weighted by Gasteiger charge is -2.33. The van der Waals surface area contributed by atoms with E-state index >= 15 is 0 Å². The van der Waals surface area contributed by atoms with Crippen molar-refractivity contribution in [3.05, 3.63) is 17.3 Å². The molecule has 1 amide bonds. The van der Waals surface area contributed by atoms with Crippen LogP contribution in [-0.2, 0) is 4.79 Å². The molecule has 2 rings (SSSR count). The molecule has 1 aliphatic rings. The van der Waals surface area contributed by atoms with Crippen LogP contribution in [0.3, 0.4) is 0 Å². The Morgan fingerprint density at radius 1 is 1.26 bits per heavy atom. The van der Waals surface area contributed by atoms with Crippen LogP contribution in [-0.4, -0.2) is 27.5 Å². The standard InChI is InChI=1S/C13H18N2O4/c1-8-10(19-9(2)14-8)11(16)15-13(12(17)18)6-4-3-5-7-13/h3-7H2,1-2H3,(H,15,16)(H,17,18). The van der Waals surface area contributed by atoms with E-state index in [1.165, 1.54) is 0 Å². The van der Waals surface area contributed by atoms with Crippen molar-refractivity contribution < 1.29 is 19.1 Å². The molecule has 104 valence electrons. The van der Waals surface area contributed by atoms with Gasteiger partial charge in [-0.05, 0) is 19.8 Å². The molecule has 1 aliphatic carbocycles. The number of rotatable bonds is 3. The molecular weight excluding hydrogens is 248 g/mol. The number of nitrogens with zero attached hydrogens (tertiary/aromatic N) is 1. The molecule has 19 heavy (non-hydrogen) atoms. The van der Waals surface area contributed by atoms with Gasteiger partial charge in [-0.3, -0.25) is 4.79 Å². The number of carboxylic acid groups (broad SMARTS) is 1. The molecule has 0 spiro atoms. The molecule has 1 fully saturated rings. The summed E-state index contributed by atoms with van der Waals surface area (Å²) in [6.07, 6.45) is 3.54. The fourth-order valence-corrected chi connectivity index (χ4v) is 2.56. The lowest BCUT2D eigenvalue weighted by molar-refractivity contribution is -0.145. The second-order valence-electron chi connectivity index (χ2n) is 5.05. The number of amides is 1. The quantitative estimate of drug-likeness (QED) is 0.870. The molecule has 0 atom stereocenters. The number of carboxylic acids is 1. The highest BCUT2D eigenvalue weighted by Gasteiger charge is 2.41. The molecule has 2 N–H and O–H groups in total. The number of hydrogen-bond donors (Lipinski definition) is 2. The van der Waals surface area contributed by atoms with Crippen molar-refractivity contribution in [2.45, 2.75) is 51.5 Å². The maximum Gasteiger partial charge on any atom is 0.329 e. The third-order valence-corrected chi connectivity index (χ3v) is 3.58. The van der Waals surface area contributed by atoms with Gasteiger partial charge in [-0.2, -0.15) is 0 Å². The average Bonchev–Trinajstić information content (AvgIpc) is 2.69. The minimum Gasteiger partial charge on any atom is -0.480 e. The zero-order valence-corrected chi connectivity index (χ0v) is 11.2. The van der Waals surface area contributed by atoms with Crippen LogP contribution < -0.4 is 5.32 Å². The number of carbonyl (C=O) groups is 2. The van der Waals surface area contributed by atoms with E-state index < -0.39 is 17.4 Å². The van der Waals surface area contributed by atoms with Gasteiger partial charge in [0.05, 0.1) is 5.69 Å². The van der Waals surface area contributed by atoms with E-state index in [0.29, 0.717) is 24.4 Å². The van der Waals surface area contributed by atoms with Gasteiger partial charge in [0.15, 0.2) is 5.89 Å². The Kier molecular flexibility index (Phi) is 3.59. The number of aromatic nitrogens is 1. The summed E-state index contributed by atoms with van der Waals surface area (Å²) in [4.78, 5) is 27.6. The zero-order chi connectivity index (χ0) is 14.0. The highest BCUT2D eigenvalue weighted by Crippen LogP contribution is 2.29. The Hall–Kier alpha value is -1.85. The van der Waals surface area contributed by atoms with Crippen LogP contribution in [0.4, 0.5) is 0 Å². The summed E-state index contributed by atoms with van der Waals surface area (Å²) >= 11 is 0. The molecule has 1 heterocycles. The normalized spacial score (nSPS) is 18.0. The number of nitrogens with one attached hydrogen (secondary N) is 1. The van der Waals surface area contributed by atoms with Crippen LogP contribution in [0.1, 0.15) is 54.2 Å². The molecule has 6 nitrogen and oxygen atoms in total. The van der Waals surface area contributed by atoms with Crippen LogP contribution in [0.5, 0.6) is 0 Å². The summed E-state index contributed by atoms with van der Waals surface area (Å²) in [7, 11) is 0. The summed E-state index contributed by atoms with van der Waals surface area (Å²) in [5, 5.41) is 12.0. The van der Waals surface area contributed by atoms with Crippen molar-refractivity contribution in [2.75, 3.05) is 0 Å². The van der Waals surface area contributed by atoms with Gasteiger partial charge in [0.25, 0.3) is 5.91 Å². The fourth-order valence-electron chi connectivity index (χ4n) is 2.56. The SMILES string of the molecule is Cc1nc(C)c(C(=O)NC2(C(=O)O)CCCCC2)o1. The van der Waals surface area contributed by atoms with Crippen LogP contribution in [0.2, 0.25) is 0 Å². The Morgan fingerprint density at radius 3 is 2.37 bits per heavy atom. The molecule has 1 aromatic heterocycles. The molecule has 0 saturated heterocycles. The van der Waals surface area contributed by atoms with Crippen molar-refractivity contribution in [1.29, 1.82) is 0 Å². The van der Waals surface area contributed by atoms with Gasteiger partial charge in [-0.1, -0.05) is 19.3 Å². The van der Waals surface area contributed by atoms with Crippen molar-refractivity contribution in [3.8, 4) is 0 Å². The Morgan fingerprint density at radius 2 is 1.89 bits per heavy atom. The van der Waals surface area contributed by atoms with Crippen molar-refractivity contribution in [1.82, 2.24) is 10.3 Å². The number of aliphatic carboxylic acids is 1. The van der Waals surface area contributed by atoms with Gasteiger partial charge in [0, 0.05) is 6.92 Å². The monoisotopic (exact) mass is 266 g/mol. The van der Waals surface area contributed by atoms with Crippen LogP contribution >= 0.6 is 0 Å². The number of hydrogen-bond acceptors (Lipinski definition) is 4. The molecule has 1 aromatic rings.